The summed E-state index contributed by atoms with van der Waals surface area (Å²) in [5.41, 5.74) is 1.73. The second kappa shape index (κ2) is 9.29. The Bertz CT molecular complexity index is 689. The Hall–Kier alpha value is -2.47. The summed E-state index contributed by atoms with van der Waals surface area (Å²) in [4.78, 5) is 23.0. The SMILES string of the molecule is CN1CCCCC1CCNC(=O)c1ccc(NCc2ccncc2)nc1. The van der Waals surface area contributed by atoms with Crippen molar-refractivity contribution < 1.29 is 4.79 Å². The monoisotopic (exact) mass is 353 g/mol. The highest BCUT2D eigenvalue weighted by atomic mass is 16.1. The van der Waals surface area contributed by atoms with Crippen LogP contribution in [0.4, 0.5) is 5.82 Å². The van der Waals surface area contributed by atoms with Crippen LogP contribution >= 0.6 is 0 Å². The molecule has 6 nitrogen and oxygen atoms in total. The van der Waals surface area contributed by atoms with Crippen molar-refractivity contribution in [2.45, 2.75) is 38.3 Å². The molecule has 0 aromatic carbocycles. The van der Waals surface area contributed by atoms with Crippen molar-refractivity contribution in [3.63, 3.8) is 0 Å². The van der Waals surface area contributed by atoms with Gasteiger partial charge in [0.1, 0.15) is 5.82 Å². The number of likely N-dealkylation sites (tertiary alicyclic amines) is 1. The summed E-state index contributed by atoms with van der Waals surface area (Å²) >= 11 is 0. The standard InChI is InChI=1S/C20H27N5O/c1-25-13-3-2-4-18(25)9-12-22-20(26)17-5-6-19(24-15-17)23-14-16-7-10-21-11-8-16/h5-8,10-11,15,18H,2-4,9,12-14H2,1H3,(H,22,26)(H,23,24). The van der Waals surface area contributed by atoms with Crippen molar-refractivity contribution in [3.8, 4) is 0 Å². The number of rotatable bonds is 7. The summed E-state index contributed by atoms with van der Waals surface area (Å²) in [6.45, 7) is 2.54. The lowest BCUT2D eigenvalue weighted by Crippen LogP contribution is -2.39. The lowest BCUT2D eigenvalue weighted by atomic mass is 10.0. The van der Waals surface area contributed by atoms with E-state index in [0.29, 0.717) is 24.7 Å². The molecule has 0 saturated carbocycles. The molecule has 1 atom stereocenters. The third-order valence-electron chi connectivity index (χ3n) is 4.93. The Balaban J connectivity index is 1.43. The van der Waals surface area contributed by atoms with Gasteiger partial charge < -0.3 is 15.5 Å². The fourth-order valence-corrected chi connectivity index (χ4v) is 3.29. The van der Waals surface area contributed by atoms with Gasteiger partial charge in [0.2, 0.25) is 0 Å². The zero-order valence-electron chi connectivity index (χ0n) is 15.3. The van der Waals surface area contributed by atoms with E-state index in [0.717, 1.165) is 24.3 Å². The van der Waals surface area contributed by atoms with Crippen LogP contribution in [-0.2, 0) is 6.54 Å². The van der Waals surface area contributed by atoms with E-state index in [4.69, 9.17) is 0 Å². The Morgan fingerprint density at radius 2 is 2.08 bits per heavy atom. The summed E-state index contributed by atoms with van der Waals surface area (Å²) in [6, 6.07) is 8.15. The number of aromatic nitrogens is 2. The minimum Gasteiger partial charge on any atom is -0.366 e. The topological polar surface area (TPSA) is 70.2 Å². The van der Waals surface area contributed by atoms with Crippen LogP contribution in [0.25, 0.3) is 0 Å². The van der Waals surface area contributed by atoms with E-state index in [9.17, 15) is 4.79 Å². The maximum Gasteiger partial charge on any atom is 0.252 e. The average molecular weight is 353 g/mol. The number of anilines is 1. The molecule has 1 fully saturated rings. The summed E-state index contributed by atoms with van der Waals surface area (Å²) in [7, 11) is 2.17. The fraction of sp³-hybridized carbons (Fsp3) is 0.450. The smallest absolute Gasteiger partial charge is 0.252 e. The lowest BCUT2D eigenvalue weighted by Gasteiger charge is -2.32. The van der Waals surface area contributed by atoms with Gasteiger partial charge in [0.15, 0.2) is 0 Å². The summed E-state index contributed by atoms with van der Waals surface area (Å²) in [5.74, 6) is 0.693. The van der Waals surface area contributed by atoms with Gasteiger partial charge in [-0.25, -0.2) is 4.98 Å². The molecule has 2 aromatic rings. The molecule has 1 aliphatic rings. The average Bonchev–Trinajstić information content (AvgIpc) is 2.69. The second-order valence-corrected chi connectivity index (χ2v) is 6.82. The third-order valence-corrected chi connectivity index (χ3v) is 4.93. The van der Waals surface area contributed by atoms with Crippen LogP contribution in [-0.4, -0.2) is 47.0 Å². The number of nitrogens with one attached hydrogen (secondary N) is 2. The number of hydrogen-bond donors (Lipinski definition) is 2. The van der Waals surface area contributed by atoms with E-state index in [1.54, 1.807) is 18.6 Å². The quantitative estimate of drug-likeness (QED) is 0.801. The van der Waals surface area contributed by atoms with Crippen molar-refractivity contribution in [1.29, 1.82) is 0 Å². The van der Waals surface area contributed by atoms with Crippen molar-refractivity contribution >= 4 is 11.7 Å². The Morgan fingerprint density at radius 3 is 2.81 bits per heavy atom. The van der Waals surface area contributed by atoms with Crippen molar-refractivity contribution in [2.24, 2.45) is 0 Å². The highest BCUT2D eigenvalue weighted by Crippen LogP contribution is 2.17. The van der Waals surface area contributed by atoms with Crippen LogP contribution in [0.15, 0.2) is 42.9 Å². The van der Waals surface area contributed by atoms with Crippen molar-refractivity contribution in [3.05, 3.63) is 54.0 Å². The molecule has 1 amide bonds. The lowest BCUT2D eigenvalue weighted by molar-refractivity contribution is 0.0945. The molecule has 0 aliphatic carbocycles. The van der Waals surface area contributed by atoms with Crippen LogP contribution in [0.3, 0.4) is 0 Å². The number of piperidine rings is 1. The predicted octanol–water partition coefficient (Wildman–Crippen LogP) is 2.69. The van der Waals surface area contributed by atoms with E-state index in [-0.39, 0.29) is 5.91 Å². The van der Waals surface area contributed by atoms with Gasteiger partial charge in [0, 0.05) is 37.7 Å². The van der Waals surface area contributed by atoms with Crippen LogP contribution in [0, 0.1) is 0 Å². The fourth-order valence-electron chi connectivity index (χ4n) is 3.29. The molecule has 0 spiro atoms. The van der Waals surface area contributed by atoms with Gasteiger partial charge in [-0.1, -0.05) is 6.42 Å². The maximum atomic E-state index is 12.3. The molecule has 0 radical (unpaired) electrons. The molecule has 26 heavy (non-hydrogen) atoms. The van der Waals surface area contributed by atoms with E-state index in [1.807, 2.05) is 24.3 Å². The van der Waals surface area contributed by atoms with E-state index in [1.165, 1.54) is 19.3 Å². The van der Waals surface area contributed by atoms with Gasteiger partial charge in [-0.2, -0.15) is 0 Å². The molecule has 1 aliphatic heterocycles. The number of carbonyl (C=O) groups excluding carboxylic acids is 1. The normalized spacial score (nSPS) is 17.7. The zero-order valence-corrected chi connectivity index (χ0v) is 15.3. The van der Waals surface area contributed by atoms with Crippen LogP contribution in [0.2, 0.25) is 0 Å². The number of hydrogen-bond acceptors (Lipinski definition) is 5. The van der Waals surface area contributed by atoms with Gasteiger partial charge in [-0.15, -0.1) is 0 Å². The first-order chi connectivity index (χ1) is 12.7. The van der Waals surface area contributed by atoms with Gasteiger partial charge in [-0.05, 0) is 62.7 Å². The van der Waals surface area contributed by atoms with E-state index >= 15 is 0 Å². The molecule has 138 valence electrons. The van der Waals surface area contributed by atoms with Gasteiger partial charge >= 0.3 is 0 Å². The molecule has 2 aromatic heterocycles. The largest absolute Gasteiger partial charge is 0.366 e. The minimum absolute atomic E-state index is 0.0587. The molecule has 1 saturated heterocycles. The first-order valence-corrected chi connectivity index (χ1v) is 9.29. The molecule has 0 bridgehead atoms. The van der Waals surface area contributed by atoms with Gasteiger partial charge in [-0.3, -0.25) is 9.78 Å². The molecule has 2 N–H and O–H groups in total. The van der Waals surface area contributed by atoms with Crippen LogP contribution < -0.4 is 10.6 Å². The van der Waals surface area contributed by atoms with E-state index < -0.39 is 0 Å². The Kier molecular flexibility index (Phi) is 6.55. The van der Waals surface area contributed by atoms with Gasteiger partial charge in [0.05, 0.1) is 5.56 Å². The number of amides is 1. The molecule has 3 heterocycles. The van der Waals surface area contributed by atoms with Crippen molar-refractivity contribution in [1.82, 2.24) is 20.2 Å². The maximum absolute atomic E-state index is 12.3. The summed E-state index contributed by atoms with van der Waals surface area (Å²) in [5, 5.41) is 6.25. The highest BCUT2D eigenvalue weighted by Gasteiger charge is 2.18. The Labute approximate surface area is 155 Å². The van der Waals surface area contributed by atoms with Crippen LogP contribution in [0.1, 0.15) is 41.6 Å². The summed E-state index contributed by atoms with van der Waals surface area (Å²) in [6.07, 6.45) is 9.96. The minimum atomic E-state index is -0.0587. The number of pyridine rings is 2. The number of carbonyl (C=O) groups is 1. The summed E-state index contributed by atoms with van der Waals surface area (Å²) < 4.78 is 0. The molecule has 3 rings (SSSR count). The second-order valence-electron chi connectivity index (χ2n) is 6.82. The predicted molar refractivity (Wildman–Crippen MR) is 103 cm³/mol. The number of nitrogens with zero attached hydrogens (tertiary/aromatic N) is 3. The Morgan fingerprint density at radius 1 is 1.23 bits per heavy atom. The van der Waals surface area contributed by atoms with E-state index in [2.05, 4.69) is 32.5 Å². The first-order valence-electron chi connectivity index (χ1n) is 9.29. The molecule has 1 unspecified atom stereocenters. The molecule has 6 heteroatoms. The molecular weight excluding hydrogens is 326 g/mol. The third kappa shape index (κ3) is 5.26. The van der Waals surface area contributed by atoms with Gasteiger partial charge in [0.25, 0.3) is 5.91 Å². The highest BCUT2D eigenvalue weighted by molar-refractivity contribution is 5.94. The zero-order chi connectivity index (χ0) is 18.2. The molecular formula is C20H27N5O. The van der Waals surface area contributed by atoms with Crippen LogP contribution in [0.5, 0.6) is 0 Å². The van der Waals surface area contributed by atoms with Crippen molar-refractivity contribution in [2.75, 3.05) is 25.5 Å². The first kappa shape index (κ1) is 18.3.